The Kier molecular flexibility index (Phi) is 6.10. The van der Waals surface area contributed by atoms with Gasteiger partial charge in [-0.2, -0.15) is 5.10 Å². The van der Waals surface area contributed by atoms with Gasteiger partial charge in [0.2, 0.25) is 0 Å². The van der Waals surface area contributed by atoms with Gasteiger partial charge in [0.05, 0.1) is 55.3 Å². The van der Waals surface area contributed by atoms with E-state index in [9.17, 15) is 4.79 Å². The molecular formula is C25H25N5O3. The van der Waals surface area contributed by atoms with Crippen molar-refractivity contribution in [3.63, 3.8) is 0 Å². The van der Waals surface area contributed by atoms with Crippen LogP contribution in [0.5, 0.6) is 0 Å². The lowest BCUT2D eigenvalue weighted by atomic mass is 10.1. The van der Waals surface area contributed by atoms with Crippen molar-refractivity contribution in [3.8, 4) is 22.4 Å². The first kappa shape index (κ1) is 21.2. The molecule has 4 aromatic rings. The number of rotatable bonds is 7. The molecule has 3 heterocycles. The number of fused-ring (bicyclic) bond motifs is 1. The Morgan fingerprint density at radius 2 is 1.73 bits per heavy atom. The molecule has 0 radical (unpaired) electrons. The normalized spacial score (nSPS) is 14.5. The number of carbonyl (C=O) groups is 1. The SMILES string of the molecule is O=C(O)Cc1ccc(-c2cnc3cc(-c4cnn(CCN5CCOCC5)c4)ccc3n2)cc1. The van der Waals surface area contributed by atoms with Crippen molar-refractivity contribution in [2.45, 2.75) is 13.0 Å². The number of morpholine rings is 1. The molecule has 0 atom stereocenters. The van der Waals surface area contributed by atoms with Crippen LogP contribution in [0.2, 0.25) is 0 Å². The lowest BCUT2D eigenvalue weighted by Crippen LogP contribution is -2.38. The van der Waals surface area contributed by atoms with Crippen LogP contribution < -0.4 is 0 Å². The molecule has 5 rings (SSSR count). The van der Waals surface area contributed by atoms with Crippen LogP contribution in [-0.2, 0) is 22.5 Å². The van der Waals surface area contributed by atoms with E-state index in [1.807, 2.05) is 53.3 Å². The number of carboxylic acids is 1. The molecule has 0 spiro atoms. The van der Waals surface area contributed by atoms with Gasteiger partial charge in [0.25, 0.3) is 0 Å². The quantitative estimate of drug-likeness (QED) is 0.469. The Balaban J connectivity index is 1.30. The summed E-state index contributed by atoms with van der Waals surface area (Å²) in [7, 11) is 0. The lowest BCUT2D eigenvalue weighted by Gasteiger charge is -2.26. The average Bonchev–Trinajstić information content (AvgIpc) is 3.32. The summed E-state index contributed by atoms with van der Waals surface area (Å²) >= 11 is 0. The maximum absolute atomic E-state index is 10.9. The first-order valence-electron chi connectivity index (χ1n) is 11.0. The molecule has 168 valence electrons. The minimum Gasteiger partial charge on any atom is -0.481 e. The molecule has 1 saturated heterocycles. The van der Waals surface area contributed by atoms with Gasteiger partial charge in [-0.05, 0) is 23.3 Å². The van der Waals surface area contributed by atoms with E-state index in [4.69, 9.17) is 14.8 Å². The Hall–Kier alpha value is -3.62. The molecule has 0 amide bonds. The van der Waals surface area contributed by atoms with Crippen LogP contribution in [0.4, 0.5) is 0 Å². The van der Waals surface area contributed by atoms with Gasteiger partial charge < -0.3 is 9.84 Å². The summed E-state index contributed by atoms with van der Waals surface area (Å²) in [5.74, 6) is -0.841. The zero-order valence-electron chi connectivity index (χ0n) is 18.2. The molecule has 33 heavy (non-hydrogen) atoms. The second-order valence-electron chi connectivity index (χ2n) is 8.17. The van der Waals surface area contributed by atoms with Crippen LogP contribution in [0.3, 0.4) is 0 Å². The van der Waals surface area contributed by atoms with Gasteiger partial charge >= 0.3 is 5.97 Å². The summed E-state index contributed by atoms with van der Waals surface area (Å²) in [6, 6.07) is 13.4. The molecule has 2 aromatic carbocycles. The van der Waals surface area contributed by atoms with Crippen molar-refractivity contribution < 1.29 is 14.6 Å². The van der Waals surface area contributed by atoms with E-state index >= 15 is 0 Å². The molecular weight excluding hydrogens is 418 g/mol. The highest BCUT2D eigenvalue weighted by atomic mass is 16.5. The number of carboxylic acid groups (broad SMARTS) is 1. The summed E-state index contributed by atoms with van der Waals surface area (Å²) in [6.07, 6.45) is 5.73. The maximum Gasteiger partial charge on any atom is 0.307 e. The second-order valence-corrected chi connectivity index (χ2v) is 8.17. The van der Waals surface area contributed by atoms with Gasteiger partial charge in [-0.25, -0.2) is 4.98 Å². The van der Waals surface area contributed by atoms with Crippen LogP contribution in [0.25, 0.3) is 33.4 Å². The predicted molar refractivity (Wildman–Crippen MR) is 125 cm³/mol. The molecule has 8 heteroatoms. The number of nitrogens with zero attached hydrogens (tertiary/aromatic N) is 5. The molecule has 8 nitrogen and oxygen atoms in total. The monoisotopic (exact) mass is 443 g/mol. The second kappa shape index (κ2) is 9.48. The van der Waals surface area contributed by atoms with Crippen molar-refractivity contribution in [2.75, 3.05) is 32.8 Å². The van der Waals surface area contributed by atoms with Crippen molar-refractivity contribution in [2.24, 2.45) is 0 Å². The van der Waals surface area contributed by atoms with Crippen LogP contribution in [0.1, 0.15) is 5.56 Å². The van der Waals surface area contributed by atoms with Gasteiger partial charge in [-0.1, -0.05) is 30.3 Å². The van der Waals surface area contributed by atoms with E-state index in [0.717, 1.165) is 78.4 Å². The predicted octanol–water partition coefficient (Wildman–Crippen LogP) is 3.12. The molecule has 0 saturated carbocycles. The maximum atomic E-state index is 10.9. The van der Waals surface area contributed by atoms with Crippen LogP contribution in [0.15, 0.2) is 61.1 Å². The van der Waals surface area contributed by atoms with E-state index in [-0.39, 0.29) is 6.42 Å². The average molecular weight is 444 g/mol. The van der Waals surface area contributed by atoms with E-state index in [0.29, 0.717) is 0 Å². The summed E-state index contributed by atoms with van der Waals surface area (Å²) < 4.78 is 7.39. The highest BCUT2D eigenvalue weighted by molar-refractivity contribution is 5.82. The van der Waals surface area contributed by atoms with Crippen molar-refractivity contribution in [1.29, 1.82) is 0 Å². The van der Waals surface area contributed by atoms with Gasteiger partial charge in [-0.15, -0.1) is 0 Å². The molecule has 1 aliphatic rings. The minimum atomic E-state index is -0.841. The molecule has 0 aliphatic carbocycles. The third-order valence-corrected chi connectivity index (χ3v) is 5.86. The molecule has 1 aliphatic heterocycles. The van der Waals surface area contributed by atoms with Crippen molar-refractivity contribution >= 4 is 17.0 Å². The lowest BCUT2D eigenvalue weighted by molar-refractivity contribution is -0.136. The topological polar surface area (TPSA) is 93.4 Å². The number of hydrogen-bond acceptors (Lipinski definition) is 6. The van der Waals surface area contributed by atoms with Crippen LogP contribution in [-0.4, -0.2) is 68.6 Å². The molecule has 0 bridgehead atoms. The van der Waals surface area contributed by atoms with Crippen molar-refractivity contribution in [3.05, 3.63) is 66.6 Å². The highest BCUT2D eigenvalue weighted by Gasteiger charge is 2.11. The summed E-state index contributed by atoms with van der Waals surface area (Å²) in [6.45, 7) is 5.38. The van der Waals surface area contributed by atoms with E-state index in [1.54, 1.807) is 6.20 Å². The van der Waals surface area contributed by atoms with Crippen molar-refractivity contribution in [1.82, 2.24) is 24.6 Å². The Morgan fingerprint density at radius 3 is 2.52 bits per heavy atom. The smallest absolute Gasteiger partial charge is 0.307 e. The third kappa shape index (κ3) is 5.08. The zero-order valence-corrected chi connectivity index (χ0v) is 18.2. The number of aromatic nitrogens is 4. The first-order chi connectivity index (χ1) is 16.1. The molecule has 1 N–H and O–H groups in total. The van der Waals surface area contributed by atoms with Gasteiger partial charge in [0.15, 0.2) is 0 Å². The Bertz CT molecular complexity index is 1260. The van der Waals surface area contributed by atoms with Crippen LogP contribution in [0, 0.1) is 0 Å². The fourth-order valence-electron chi connectivity index (χ4n) is 4.00. The molecule has 1 fully saturated rings. The van der Waals surface area contributed by atoms with Crippen LogP contribution >= 0.6 is 0 Å². The van der Waals surface area contributed by atoms with Gasteiger partial charge in [0.1, 0.15) is 0 Å². The van der Waals surface area contributed by atoms with E-state index in [1.165, 1.54) is 0 Å². The number of aliphatic carboxylic acids is 1. The van der Waals surface area contributed by atoms with E-state index < -0.39 is 5.97 Å². The highest BCUT2D eigenvalue weighted by Crippen LogP contribution is 2.25. The van der Waals surface area contributed by atoms with E-state index in [2.05, 4.69) is 21.2 Å². The number of benzene rings is 2. The van der Waals surface area contributed by atoms with Gasteiger partial charge in [0, 0.05) is 37.0 Å². The first-order valence-corrected chi connectivity index (χ1v) is 11.0. The zero-order chi connectivity index (χ0) is 22.6. The molecule has 2 aromatic heterocycles. The standard InChI is InChI=1S/C25H25N5O3/c31-25(32)13-18-1-3-19(4-2-18)24-16-26-23-14-20(5-6-22(23)28-24)21-15-27-30(17-21)8-7-29-9-11-33-12-10-29/h1-6,14-17H,7-13H2,(H,31,32). The fraction of sp³-hybridized carbons (Fsp3) is 0.280. The summed E-state index contributed by atoms with van der Waals surface area (Å²) in [5.41, 5.74) is 6.16. The Labute approximate surface area is 191 Å². The largest absolute Gasteiger partial charge is 0.481 e. The third-order valence-electron chi connectivity index (χ3n) is 5.86. The Morgan fingerprint density at radius 1 is 0.939 bits per heavy atom. The summed E-state index contributed by atoms with van der Waals surface area (Å²) in [4.78, 5) is 22.6. The molecule has 0 unspecified atom stereocenters. The number of ether oxygens (including phenoxy) is 1. The fourth-order valence-corrected chi connectivity index (χ4v) is 4.00. The van der Waals surface area contributed by atoms with Gasteiger partial charge in [-0.3, -0.25) is 19.4 Å². The summed E-state index contributed by atoms with van der Waals surface area (Å²) in [5, 5.41) is 13.4. The minimum absolute atomic E-state index is 0.0102. The number of hydrogen-bond donors (Lipinski definition) is 1.